The molecule has 2 heterocycles. The first-order chi connectivity index (χ1) is 7.68. The standard InChI is InChI=1S/C10H8N2O3S.Na.H/c13-16(14,10-6-2-4-8-12-10)15-9-5-1-3-7-11-9;;/h1-8H;;. The van der Waals surface area contributed by atoms with Crippen LogP contribution >= 0.6 is 0 Å². The quantitative estimate of drug-likeness (QED) is 0.597. The molecule has 7 heteroatoms. The van der Waals surface area contributed by atoms with Crippen LogP contribution < -0.4 is 4.18 Å². The molecule has 0 amide bonds. The van der Waals surface area contributed by atoms with Crippen LogP contribution in [-0.2, 0) is 10.1 Å². The Labute approximate surface area is 121 Å². The Morgan fingerprint density at radius 2 is 1.59 bits per heavy atom. The van der Waals surface area contributed by atoms with E-state index in [0.717, 1.165) is 0 Å². The number of rotatable bonds is 3. The van der Waals surface area contributed by atoms with Crippen LogP contribution in [-0.4, -0.2) is 47.9 Å². The SMILES string of the molecule is O=S(=O)(Oc1ccccn1)c1ccccn1.[NaH]. The van der Waals surface area contributed by atoms with Gasteiger partial charge < -0.3 is 4.18 Å². The van der Waals surface area contributed by atoms with Crippen LogP contribution in [0.15, 0.2) is 53.8 Å². The van der Waals surface area contributed by atoms with Crippen LogP contribution in [0.2, 0.25) is 0 Å². The molecule has 5 nitrogen and oxygen atoms in total. The van der Waals surface area contributed by atoms with E-state index in [4.69, 9.17) is 4.18 Å². The molecule has 0 spiro atoms. The van der Waals surface area contributed by atoms with Crippen molar-refractivity contribution >= 4 is 39.7 Å². The summed E-state index contributed by atoms with van der Waals surface area (Å²) in [6.07, 6.45) is 2.83. The average molecular weight is 260 g/mol. The van der Waals surface area contributed by atoms with Gasteiger partial charge in [-0.2, -0.15) is 8.42 Å². The summed E-state index contributed by atoms with van der Waals surface area (Å²) in [7, 11) is -3.89. The predicted octanol–water partition coefficient (Wildman–Crippen LogP) is 0.596. The molecule has 0 aliphatic heterocycles. The molecule has 0 aliphatic carbocycles. The fourth-order valence-corrected chi connectivity index (χ4v) is 1.89. The van der Waals surface area contributed by atoms with Gasteiger partial charge in [0.25, 0.3) is 0 Å². The number of hydrogen-bond donors (Lipinski definition) is 0. The minimum absolute atomic E-state index is 0. The first-order valence-corrected chi connectivity index (χ1v) is 5.86. The summed E-state index contributed by atoms with van der Waals surface area (Å²) < 4.78 is 28.1. The Balaban J connectivity index is 0.00000144. The molecule has 2 rings (SSSR count). The van der Waals surface area contributed by atoms with Gasteiger partial charge in [-0.3, -0.25) is 0 Å². The summed E-state index contributed by atoms with van der Waals surface area (Å²) in [5.74, 6) is 0.0214. The zero-order chi connectivity index (χ0) is 11.4. The number of hydrogen-bond acceptors (Lipinski definition) is 5. The third kappa shape index (κ3) is 3.78. The first-order valence-electron chi connectivity index (χ1n) is 4.45. The average Bonchev–Trinajstić information content (AvgIpc) is 2.31. The molecular formula is C10H9N2NaO3S. The topological polar surface area (TPSA) is 69.2 Å². The van der Waals surface area contributed by atoms with Crippen LogP contribution in [0.3, 0.4) is 0 Å². The molecular weight excluding hydrogens is 251 g/mol. The molecule has 0 N–H and O–H groups in total. The van der Waals surface area contributed by atoms with Gasteiger partial charge in [-0.15, -0.1) is 0 Å². The summed E-state index contributed by atoms with van der Waals surface area (Å²) in [4.78, 5) is 7.47. The van der Waals surface area contributed by atoms with Gasteiger partial charge in [0.15, 0.2) is 5.03 Å². The Morgan fingerprint density at radius 3 is 2.12 bits per heavy atom. The monoisotopic (exact) mass is 260 g/mol. The number of pyridine rings is 2. The van der Waals surface area contributed by atoms with Crippen molar-refractivity contribution in [1.82, 2.24) is 9.97 Å². The van der Waals surface area contributed by atoms with Crippen molar-refractivity contribution < 1.29 is 12.6 Å². The summed E-state index contributed by atoms with van der Waals surface area (Å²) >= 11 is 0. The van der Waals surface area contributed by atoms with Gasteiger partial charge in [-0.1, -0.05) is 12.1 Å². The summed E-state index contributed by atoms with van der Waals surface area (Å²) in [5, 5.41) is -0.138. The van der Waals surface area contributed by atoms with Gasteiger partial charge in [0.2, 0.25) is 5.88 Å². The van der Waals surface area contributed by atoms with Crippen molar-refractivity contribution in [2.24, 2.45) is 0 Å². The van der Waals surface area contributed by atoms with E-state index in [1.807, 2.05) is 0 Å². The fourth-order valence-electron chi connectivity index (χ4n) is 1.05. The van der Waals surface area contributed by atoms with E-state index in [2.05, 4.69) is 9.97 Å². The predicted molar refractivity (Wildman–Crippen MR) is 63.4 cm³/mol. The van der Waals surface area contributed by atoms with Crippen LogP contribution in [0.25, 0.3) is 0 Å². The number of nitrogens with zero attached hydrogens (tertiary/aromatic N) is 2. The second-order valence-electron chi connectivity index (χ2n) is 2.87. The van der Waals surface area contributed by atoms with Crippen LogP contribution in [0, 0.1) is 0 Å². The molecule has 0 aliphatic rings. The van der Waals surface area contributed by atoms with E-state index in [0.29, 0.717) is 0 Å². The van der Waals surface area contributed by atoms with Crippen molar-refractivity contribution in [1.29, 1.82) is 0 Å². The van der Waals surface area contributed by atoms with E-state index < -0.39 is 10.1 Å². The summed E-state index contributed by atoms with van der Waals surface area (Å²) in [6, 6.07) is 9.32. The Hall–Kier alpha value is -0.950. The van der Waals surface area contributed by atoms with Crippen molar-refractivity contribution in [3.8, 4) is 5.88 Å². The molecule has 17 heavy (non-hydrogen) atoms. The molecule has 0 aromatic carbocycles. The molecule has 0 bridgehead atoms. The molecule has 0 saturated carbocycles. The third-order valence-electron chi connectivity index (χ3n) is 1.73. The molecule has 0 atom stereocenters. The van der Waals surface area contributed by atoms with E-state index in [-0.39, 0.29) is 40.5 Å². The minimum atomic E-state index is -3.89. The zero-order valence-electron chi connectivity index (χ0n) is 8.15. The molecule has 0 saturated heterocycles. The van der Waals surface area contributed by atoms with Crippen LogP contribution in [0.5, 0.6) is 5.88 Å². The van der Waals surface area contributed by atoms with Crippen molar-refractivity contribution in [3.05, 3.63) is 48.8 Å². The fraction of sp³-hybridized carbons (Fsp3) is 0. The molecule has 2 aromatic heterocycles. The van der Waals surface area contributed by atoms with Gasteiger partial charge in [0.05, 0.1) is 0 Å². The Kier molecular flexibility index (Phi) is 5.07. The van der Waals surface area contributed by atoms with Gasteiger partial charge in [-0.05, 0) is 18.2 Å². The van der Waals surface area contributed by atoms with Crippen molar-refractivity contribution in [2.75, 3.05) is 0 Å². The molecule has 0 fully saturated rings. The Morgan fingerprint density at radius 1 is 0.941 bits per heavy atom. The third-order valence-corrected chi connectivity index (χ3v) is 2.87. The first kappa shape index (κ1) is 14.1. The van der Waals surface area contributed by atoms with E-state index >= 15 is 0 Å². The zero-order valence-corrected chi connectivity index (χ0v) is 8.96. The maximum absolute atomic E-state index is 11.7. The van der Waals surface area contributed by atoms with Crippen molar-refractivity contribution in [3.63, 3.8) is 0 Å². The second-order valence-corrected chi connectivity index (χ2v) is 4.37. The van der Waals surface area contributed by atoms with Gasteiger partial charge in [-0.25, -0.2) is 9.97 Å². The van der Waals surface area contributed by atoms with E-state index in [1.165, 1.54) is 24.5 Å². The summed E-state index contributed by atoms with van der Waals surface area (Å²) in [6.45, 7) is 0. The van der Waals surface area contributed by atoms with Crippen LogP contribution in [0.4, 0.5) is 0 Å². The van der Waals surface area contributed by atoms with Gasteiger partial charge in [0, 0.05) is 18.5 Å². The Bertz CT molecular complexity index is 561. The molecule has 84 valence electrons. The van der Waals surface area contributed by atoms with Gasteiger partial charge >= 0.3 is 39.7 Å². The molecule has 0 unspecified atom stereocenters. The van der Waals surface area contributed by atoms with E-state index in [1.54, 1.807) is 24.3 Å². The molecule has 0 radical (unpaired) electrons. The van der Waals surface area contributed by atoms with Crippen molar-refractivity contribution in [2.45, 2.75) is 5.03 Å². The summed E-state index contributed by atoms with van der Waals surface area (Å²) in [5.41, 5.74) is 0. The normalized spacial score (nSPS) is 10.4. The van der Waals surface area contributed by atoms with Crippen LogP contribution in [0.1, 0.15) is 0 Å². The van der Waals surface area contributed by atoms with Gasteiger partial charge in [0.1, 0.15) is 0 Å². The van der Waals surface area contributed by atoms with E-state index in [9.17, 15) is 8.42 Å². The number of aromatic nitrogens is 2. The maximum atomic E-state index is 11.7. The molecule has 2 aromatic rings. The second kappa shape index (κ2) is 6.11.